The van der Waals surface area contributed by atoms with Gasteiger partial charge in [0, 0.05) is 0 Å². The largest absolute Gasteiger partial charge is 0.479 e. The number of halogens is 1. The third-order valence-corrected chi connectivity index (χ3v) is 3.07. The van der Waals surface area contributed by atoms with Crippen molar-refractivity contribution in [2.24, 2.45) is 4.99 Å². The minimum absolute atomic E-state index is 0.0260. The average molecular weight is 307 g/mol. The molecule has 6 heteroatoms. The molecule has 2 aromatic carbocycles. The Balaban J connectivity index is 1.88. The minimum atomic E-state index is -0.496. The molecule has 0 radical (unpaired) electrons. The van der Waals surface area contributed by atoms with Crippen LogP contribution in [0.3, 0.4) is 0 Å². The smallest absolute Gasteiger partial charge is 0.312 e. The van der Waals surface area contributed by atoms with Gasteiger partial charge in [0.25, 0.3) is 0 Å². The second-order valence-corrected chi connectivity index (χ2v) is 4.61. The second-order valence-electron chi connectivity index (χ2n) is 4.61. The lowest BCUT2D eigenvalue weighted by Gasteiger charge is -1.95. The number of benzene rings is 2. The number of hydrogen-bond donors (Lipinski definition) is 1. The van der Waals surface area contributed by atoms with Crippen LogP contribution < -0.4 is 0 Å². The normalized spacial score (nSPS) is 10.8. The molecule has 3 rings (SSSR count). The quantitative estimate of drug-likeness (QED) is 0.746. The number of nitrogens with zero attached hydrogens (tertiary/aromatic N) is 3. The molecule has 0 unspecified atom stereocenters. The van der Waals surface area contributed by atoms with E-state index in [-0.39, 0.29) is 17.1 Å². The molecule has 0 saturated heterocycles. The van der Waals surface area contributed by atoms with Gasteiger partial charge in [-0.05, 0) is 36.4 Å². The Bertz CT molecular complexity index is 908. The molecule has 0 amide bonds. The molecule has 1 aromatic heterocycles. The third-order valence-electron chi connectivity index (χ3n) is 3.07. The fraction of sp³-hybridized carbons (Fsp3) is 0. The monoisotopic (exact) mass is 307 g/mol. The van der Waals surface area contributed by atoms with E-state index in [1.807, 2.05) is 6.07 Å². The van der Waals surface area contributed by atoms with Gasteiger partial charge in [0.2, 0.25) is 5.89 Å². The van der Waals surface area contributed by atoms with E-state index in [9.17, 15) is 9.50 Å². The van der Waals surface area contributed by atoms with Gasteiger partial charge in [-0.25, -0.2) is 9.37 Å². The maximum atomic E-state index is 13.7. The summed E-state index contributed by atoms with van der Waals surface area (Å²) >= 11 is 0. The van der Waals surface area contributed by atoms with Crippen LogP contribution in [0, 0.1) is 17.1 Å². The summed E-state index contributed by atoms with van der Waals surface area (Å²) in [5.41, 5.74) is 1.35. The molecule has 1 heterocycles. The minimum Gasteiger partial charge on any atom is -0.479 e. The van der Waals surface area contributed by atoms with Crippen LogP contribution in [0.25, 0.3) is 11.5 Å². The van der Waals surface area contributed by atoms with Crippen LogP contribution in [-0.2, 0) is 0 Å². The molecule has 0 aliphatic heterocycles. The molecule has 1 N–H and O–H groups in total. The molecule has 0 aliphatic rings. The predicted molar refractivity (Wildman–Crippen MR) is 82.0 cm³/mol. The van der Waals surface area contributed by atoms with Crippen molar-refractivity contribution in [2.75, 3.05) is 0 Å². The van der Waals surface area contributed by atoms with Crippen LogP contribution in [0.5, 0.6) is 5.95 Å². The van der Waals surface area contributed by atoms with Crippen LogP contribution in [-0.4, -0.2) is 16.3 Å². The van der Waals surface area contributed by atoms with E-state index in [1.165, 1.54) is 18.3 Å². The van der Waals surface area contributed by atoms with Crippen LogP contribution in [0.4, 0.5) is 10.1 Å². The molecule has 112 valence electrons. The Labute approximate surface area is 131 Å². The third kappa shape index (κ3) is 3.09. The summed E-state index contributed by atoms with van der Waals surface area (Å²) in [7, 11) is 0. The van der Waals surface area contributed by atoms with Crippen LogP contribution >= 0.6 is 0 Å². The molecule has 0 aliphatic carbocycles. The van der Waals surface area contributed by atoms with Gasteiger partial charge in [-0.3, -0.25) is 4.99 Å². The van der Waals surface area contributed by atoms with Gasteiger partial charge >= 0.3 is 5.95 Å². The fourth-order valence-corrected chi connectivity index (χ4v) is 1.92. The SMILES string of the molecule is N#Cc1ccc(N=Cc2nc(-c3ccccc3F)oc2O)cc1. The topological polar surface area (TPSA) is 82.4 Å². The van der Waals surface area contributed by atoms with Gasteiger partial charge in [0.1, 0.15) is 5.82 Å². The number of aliphatic imine (C=N–C) groups is 1. The molecular weight excluding hydrogens is 297 g/mol. The lowest BCUT2D eigenvalue weighted by atomic mass is 10.2. The predicted octanol–water partition coefficient (Wildman–Crippen LogP) is 3.81. The zero-order valence-corrected chi connectivity index (χ0v) is 11.8. The molecule has 0 fully saturated rings. The highest BCUT2D eigenvalue weighted by Crippen LogP contribution is 2.27. The highest BCUT2D eigenvalue weighted by atomic mass is 19.1. The highest BCUT2D eigenvalue weighted by molar-refractivity contribution is 5.82. The molecule has 0 spiro atoms. The van der Waals surface area contributed by atoms with Crippen molar-refractivity contribution in [3.63, 3.8) is 0 Å². The Morgan fingerprint density at radius 1 is 1.17 bits per heavy atom. The van der Waals surface area contributed by atoms with Crippen molar-refractivity contribution in [1.82, 2.24) is 4.98 Å². The van der Waals surface area contributed by atoms with Gasteiger partial charge < -0.3 is 9.52 Å². The number of nitriles is 1. The van der Waals surface area contributed by atoms with Gasteiger partial charge in [-0.2, -0.15) is 5.26 Å². The Kier molecular flexibility index (Phi) is 3.85. The van der Waals surface area contributed by atoms with E-state index < -0.39 is 11.8 Å². The second kappa shape index (κ2) is 6.12. The van der Waals surface area contributed by atoms with Gasteiger partial charge in [-0.1, -0.05) is 12.1 Å². The van der Waals surface area contributed by atoms with E-state index >= 15 is 0 Å². The van der Waals surface area contributed by atoms with Crippen molar-refractivity contribution in [3.05, 3.63) is 65.6 Å². The number of rotatable bonds is 3. The Morgan fingerprint density at radius 2 is 1.91 bits per heavy atom. The molecule has 23 heavy (non-hydrogen) atoms. The van der Waals surface area contributed by atoms with Gasteiger partial charge in [0.15, 0.2) is 5.69 Å². The zero-order valence-electron chi connectivity index (χ0n) is 11.8. The molecule has 0 atom stereocenters. The first-order chi connectivity index (χ1) is 11.2. The fourth-order valence-electron chi connectivity index (χ4n) is 1.92. The van der Waals surface area contributed by atoms with Crippen molar-refractivity contribution >= 4 is 11.9 Å². The summed E-state index contributed by atoms with van der Waals surface area (Å²) in [6.45, 7) is 0. The molecule has 0 bridgehead atoms. The molecular formula is C17H10FN3O2. The van der Waals surface area contributed by atoms with E-state index in [1.54, 1.807) is 36.4 Å². The maximum absolute atomic E-state index is 13.7. The zero-order chi connectivity index (χ0) is 16.2. The number of oxazole rings is 1. The maximum Gasteiger partial charge on any atom is 0.312 e. The van der Waals surface area contributed by atoms with E-state index in [0.717, 1.165) is 0 Å². The van der Waals surface area contributed by atoms with E-state index in [0.29, 0.717) is 11.3 Å². The number of aromatic hydroxyl groups is 1. The van der Waals surface area contributed by atoms with Gasteiger partial charge in [-0.15, -0.1) is 0 Å². The van der Waals surface area contributed by atoms with Crippen molar-refractivity contribution < 1.29 is 13.9 Å². The molecule has 0 saturated carbocycles. The van der Waals surface area contributed by atoms with Crippen LogP contribution in [0.15, 0.2) is 57.9 Å². The first-order valence-electron chi connectivity index (χ1n) is 6.66. The first kappa shape index (κ1) is 14.5. The van der Waals surface area contributed by atoms with Crippen LogP contribution in [0.1, 0.15) is 11.3 Å². The number of hydrogen-bond acceptors (Lipinski definition) is 5. The van der Waals surface area contributed by atoms with Crippen molar-refractivity contribution in [1.29, 1.82) is 5.26 Å². The van der Waals surface area contributed by atoms with Crippen molar-refractivity contribution in [2.45, 2.75) is 0 Å². The van der Waals surface area contributed by atoms with Crippen LogP contribution in [0.2, 0.25) is 0 Å². The highest BCUT2D eigenvalue weighted by Gasteiger charge is 2.15. The molecule has 3 aromatic rings. The average Bonchev–Trinajstić information content (AvgIpc) is 2.94. The summed E-state index contributed by atoms with van der Waals surface area (Å²) in [4.78, 5) is 8.16. The lowest BCUT2D eigenvalue weighted by Crippen LogP contribution is -1.85. The Hall–Kier alpha value is -3.46. The number of aromatic nitrogens is 1. The lowest BCUT2D eigenvalue weighted by molar-refractivity contribution is 0.336. The summed E-state index contributed by atoms with van der Waals surface area (Å²) in [5.74, 6) is -0.966. The summed E-state index contributed by atoms with van der Waals surface area (Å²) < 4.78 is 18.8. The summed E-state index contributed by atoms with van der Waals surface area (Å²) in [6.07, 6.45) is 1.31. The standard InChI is InChI=1S/C17H10FN3O2/c18-14-4-2-1-3-13(14)16-21-15(17(22)23-16)10-20-12-7-5-11(9-19)6-8-12/h1-8,10,22H. The summed E-state index contributed by atoms with van der Waals surface area (Å²) in [6, 6.07) is 14.5. The first-order valence-corrected chi connectivity index (χ1v) is 6.66. The molecule has 5 nitrogen and oxygen atoms in total. The van der Waals surface area contributed by atoms with Gasteiger partial charge in [0.05, 0.1) is 29.1 Å². The van der Waals surface area contributed by atoms with Crippen molar-refractivity contribution in [3.8, 4) is 23.5 Å². The van der Waals surface area contributed by atoms with E-state index in [2.05, 4.69) is 9.98 Å². The van der Waals surface area contributed by atoms with E-state index in [4.69, 9.17) is 9.68 Å². The summed E-state index contributed by atoms with van der Waals surface area (Å²) in [5, 5.41) is 18.5. The Morgan fingerprint density at radius 3 is 2.61 bits per heavy atom.